The van der Waals surface area contributed by atoms with Gasteiger partial charge in [0, 0.05) is 27.6 Å². The van der Waals surface area contributed by atoms with E-state index < -0.39 is 19.6 Å². The number of carbonyl (C=O) groups is 2. The molecular formula is C39H37O5P. The first kappa shape index (κ1) is 31.7. The topological polar surface area (TPSA) is 69.7 Å². The van der Waals surface area contributed by atoms with E-state index in [4.69, 9.17) is 9.47 Å². The molecule has 1 unspecified atom stereocenters. The van der Waals surface area contributed by atoms with E-state index in [1.165, 1.54) is 0 Å². The van der Waals surface area contributed by atoms with Crippen molar-refractivity contribution >= 4 is 24.4 Å². The molecule has 0 bridgehead atoms. The van der Waals surface area contributed by atoms with E-state index in [1.807, 2.05) is 92.7 Å². The maximum Gasteiger partial charge on any atom is 0.268 e. The predicted molar refractivity (Wildman–Crippen MR) is 181 cm³/mol. The minimum Gasteiger partial charge on any atom is -0.451 e. The summed E-state index contributed by atoms with van der Waals surface area (Å²) in [6.07, 6.45) is -0.965. The van der Waals surface area contributed by atoms with Gasteiger partial charge in [0.1, 0.15) is 11.5 Å². The lowest BCUT2D eigenvalue weighted by atomic mass is 9.84. The average Bonchev–Trinajstić information content (AvgIpc) is 3.04. The summed E-state index contributed by atoms with van der Waals surface area (Å²) in [7, 11) is -3.07. The molecule has 45 heavy (non-hydrogen) atoms. The first-order valence-corrected chi connectivity index (χ1v) is 16.3. The molecule has 0 heterocycles. The van der Waals surface area contributed by atoms with E-state index in [9.17, 15) is 14.2 Å². The van der Waals surface area contributed by atoms with Gasteiger partial charge in [-0.05, 0) is 60.2 Å². The van der Waals surface area contributed by atoms with E-state index >= 15 is 0 Å². The Bertz CT molecular complexity index is 1790. The Morgan fingerprint density at radius 2 is 1.11 bits per heavy atom. The number of hydrogen-bond acceptors (Lipinski definition) is 5. The van der Waals surface area contributed by atoms with Crippen molar-refractivity contribution < 1.29 is 23.6 Å². The summed E-state index contributed by atoms with van der Waals surface area (Å²) in [5.41, 5.74) is 3.58. The Kier molecular flexibility index (Phi) is 9.51. The minimum absolute atomic E-state index is 0.0962. The Balaban J connectivity index is 1.53. The van der Waals surface area contributed by atoms with Gasteiger partial charge in [-0.1, -0.05) is 118 Å². The van der Waals surface area contributed by atoms with Crippen molar-refractivity contribution in [3.63, 3.8) is 0 Å². The number of benzene rings is 5. The molecular weight excluding hydrogens is 579 g/mol. The Labute approximate surface area is 265 Å². The highest BCUT2D eigenvalue weighted by Gasteiger charge is 2.29. The Morgan fingerprint density at radius 3 is 1.64 bits per heavy atom. The molecule has 5 nitrogen and oxygen atoms in total. The van der Waals surface area contributed by atoms with Gasteiger partial charge in [0.25, 0.3) is 6.29 Å². The summed E-state index contributed by atoms with van der Waals surface area (Å²) in [4.78, 5) is 28.1. The third-order valence-corrected chi connectivity index (χ3v) is 9.27. The van der Waals surface area contributed by atoms with Crippen molar-refractivity contribution in [2.45, 2.75) is 46.3 Å². The van der Waals surface area contributed by atoms with E-state index in [-0.39, 0.29) is 22.1 Å². The molecule has 0 saturated heterocycles. The number of ether oxygens (including phenoxy) is 2. The lowest BCUT2D eigenvalue weighted by molar-refractivity contribution is 0.00324. The smallest absolute Gasteiger partial charge is 0.268 e. The van der Waals surface area contributed by atoms with Crippen molar-refractivity contribution in [2.75, 3.05) is 0 Å². The van der Waals surface area contributed by atoms with Gasteiger partial charge in [0.2, 0.25) is 5.52 Å². The van der Waals surface area contributed by atoms with Gasteiger partial charge in [0.15, 0.2) is 13.6 Å². The number of carbonyl (C=O) groups excluding carboxylic acids is 2. The van der Waals surface area contributed by atoms with Crippen molar-refractivity contribution in [3.8, 4) is 11.5 Å². The van der Waals surface area contributed by atoms with Crippen LogP contribution in [0, 0.1) is 13.8 Å². The van der Waals surface area contributed by atoms with Crippen LogP contribution >= 0.6 is 7.80 Å². The highest BCUT2D eigenvalue weighted by molar-refractivity contribution is 7.71. The fourth-order valence-electron chi connectivity index (χ4n) is 5.32. The Morgan fingerprint density at radius 1 is 0.644 bits per heavy atom. The van der Waals surface area contributed by atoms with Gasteiger partial charge in [-0.15, -0.1) is 0 Å². The van der Waals surface area contributed by atoms with Crippen LogP contribution in [0.3, 0.4) is 0 Å². The monoisotopic (exact) mass is 616 g/mol. The Hall–Kier alpha value is -4.73. The molecule has 0 fully saturated rings. The summed E-state index contributed by atoms with van der Waals surface area (Å²) >= 11 is 0. The molecule has 5 aromatic rings. The lowest BCUT2D eigenvalue weighted by Crippen LogP contribution is -2.21. The van der Waals surface area contributed by atoms with Crippen LogP contribution in [0.4, 0.5) is 0 Å². The molecule has 6 heteroatoms. The van der Waals surface area contributed by atoms with E-state index in [1.54, 1.807) is 42.5 Å². The van der Waals surface area contributed by atoms with Crippen LogP contribution in [-0.4, -0.2) is 11.3 Å². The average molecular weight is 617 g/mol. The molecule has 0 aliphatic carbocycles. The predicted octanol–water partition coefficient (Wildman–Crippen LogP) is 9.01. The zero-order valence-electron chi connectivity index (χ0n) is 26.2. The number of para-hydroxylation sites is 2. The van der Waals surface area contributed by atoms with Crippen LogP contribution in [0.5, 0.6) is 11.5 Å². The number of aryl methyl sites for hydroxylation is 2. The molecule has 0 aliphatic heterocycles. The molecule has 0 amide bonds. The van der Waals surface area contributed by atoms with Crippen molar-refractivity contribution in [1.29, 1.82) is 0 Å². The van der Waals surface area contributed by atoms with Gasteiger partial charge < -0.3 is 14.0 Å². The SMILES string of the molecule is Cc1cc(C(C)(C)C)cc(C)c1C(=O)[PH](=O)c1ccccc1C(=O)c1ccccc1C(Oc1ccccc1)Oc1ccccc1. The molecule has 228 valence electrons. The van der Waals surface area contributed by atoms with Crippen LogP contribution < -0.4 is 14.8 Å². The second-order valence-corrected chi connectivity index (χ2v) is 13.7. The molecule has 0 aromatic heterocycles. The normalized spacial score (nSPS) is 12.0. The van der Waals surface area contributed by atoms with Crippen molar-refractivity contribution in [3.05, 3.63) is 160 Å². The second kappa shape index (κ2) is 13.5. The summed E-state index contributed by atoms with van der Waals surface area (Å²) in [6, 6.07) is 36.2. The fourth-order valence-corrected chi connectivity index (χ4v) is 6.88. The zero-order chi connectivity index (χ0) is 32.1. The van der Waals surface area contributed by atoms with Gasteiger partial charge in [0.05, 0.1) is 0 Å². The van der Waals surface area contributed by atoms with Crippen LogP contribution in [0.15, 0.2) is 121 Å². The van der Waals surface area contributed by atoms with E-state index in [0.29, 0.717) is 28.2 Å². The van der Waals surface area contributed by atoms with Gasteiger partial charge in [-0.25, -0.2) is 0 Å². The van der Waals surface area contributed by atoms with Crippen molar-refractivity contribution in [1.82, 2.24) is 0 Å². The zero-order valence-corrected chi connectivity index (χ0v) is 27.2. The molecule has 0 aliphatic rings. The third-order valence-electron chi connectivity index (χ3n) is 7.68. The van der Waals surface area contributed by atoms with Gasteiger partial charge >= 0.3 is 0 Å². The number of rotatable bonds is 10. The summed E-state index contributed by atoms with van der Waals surface area (Å²) in [6.45, 7) is 10.1. The summed E-state index contributed by atoms with van der Waals surface area (Å²) in [5, 5.41) is 0.232. The van der Waals surface area contributed by atoms with Crippen LogP contribution in [0.2, 0.25) is 0 Å². The van der Waals surface area contributed by atoms with Gasteiger partial charge in [-0.2, -0.15) is 0 Å². The first-order chi connectivity index (χ1) is 21.5. The maximum absolute atomic E-state index is 14.3. The van der Waals surface area contributed by atoms with Crippen LogP contribution in [-0.2, 0) is 9.98 Å². The largest absolute Gasteiger partial charge is 0.451 e. The highest BCUT2D eigenvalue weighted by atomic mass is 31.1. The van der Waals surface area contributed by atoms with E-state index in [2.05, 4.69) is 20.8 Å². The lowest BCUT2D eigenvalue weighted by Gasteiger charge is -2.23. The highest BCUT2D eigenvalue weighted by Crippen LogP contribution is 2.35. The van der Waals surface area contributed by atoms with Crippen LogP contribution in [0.1, 0.15) is 75.6 Å². The second-order valence-electron chi connectivity index (χ2n) is 12.0. The molecule has 0 radical (unpaired) electrons. The molecule has 0 N–H and O–H groups in total. The quantitative estimate of drug-likeness (QED) is 0.0890. The molecule has 0 saturated carbocycles. The standard InChI is InChI=1S/C39H37O5P/c1-26-24-28(39(3,4)5)25-27(2)35(26)37(41)45(42)34-23-15-14-22-33(34)36(40)31-20-12-13-21-32(31)38(43-29-16-8-6-9-17-29)44-30-18-10-7-11-19-30/h6-25,38,45H,1-5H3. The maximum atomic E-state index is 14.3. The van der Waals surface area contributed by atoms with Crippen molar-refractivity contribution in [2.24, 2.45) is 0 Å². The summed E-state index contributed by atoms with van der Waals surface area (Å²) < 4.78 is 26.6. The molecule has 1 atom stereocenters. The first-order valence-electron chi connectivity index (χ1n) is 14.9. The molecule has 5 rings (SSSR count). The number of ketones is 1. The fraction of sp³-hybridized carbons (Fsp3) is 0.179. The molecule has 0 spiro atoms. The molecule has 5 aromatic carbocycles. The minimum atomic E-state index is -3.07. The third kappa shape index (κ3) is 7.16. The van der Waals surface area contributed by atoms with E-state index in [0.717, 1.165) is 16.7 Å². The number of hydrogen-bond donors (Lipinski definition) is 0. The van der Waals surface area contributed by atoms with Crippen LogP contribution in [0.25, 0.3) is 0 Å². The van der Waals surface area contributed by atoms with Gasteiger partial charge in [-0.3, -0.25) is 9.59 Å². The summed E-state index contributed by atoms with van der Waals surface area (Å²) in [5.74, 6) is 0.766.